The van der Waals surface area contributed by atoms with Crippen molar-refractivity contribution in [3.05, 3.63) is 29.8 Å². The minimum atomic E-state index is -0.622. The second-order valence-corrected chi connectivity index (χ2v) is 5.36. The largest absolute Gasteiger partial charge is 0.392 e. The molecule has 0 aliphatic carbocycles. The van der Waals surface area contributed by atoms with Crippen molar-refractivity contribution < 1.29 is 9.32 Å². The maximum absolute atomic E-state index is 11.2. The summed E-state index contributed by atoms with van der Waals surface area (Å²) in [6.07, 6.45) is 0. The highest BCUT2D eigenvalue weighted by Crippen LogP contribution is 2.17. The highest BCUT2D eigenvalue weighted by molar-refractivity contribution is 7.85. The molecule has 0 spiro atoms. The maximum Gasteiger partial charge on any atom is 0.0681 e. The highest BCUT2D eigenvalue weighted by Gasteiger charge is 2.14. The zero-order chi connectivity index (χ0) is 10.7. The number of hydrogen-bond acceptors (Lipinski definition) is 3. The summed E-state index contributed by atoms with van der Waals surface area (Å²) < 4.78 is 11.2. The van der Waals surface area contributed by atoms with Gasteiger partial charge in [0.05, 0.1) is 6.61 Å². The van der Waals surface area contributed by atoms with Crippen molar-refractivity contribution in [3.8, 4) is 0 Å². The summed E-state index contributed by atoms with van der Waals surface area (Å²) in [5.41, 5.74) is 2.09. The van der Waals surface area contributed by atoms with Gasteiger partial charge in [-0.3, -0.25) is 4.21 Å². The Morgan fingerprint density at radius 3 is 2.33 bits per heavy atom. The number of benzene rings is 1. The van der Waals surface area contributed by atoms with E-state index in [0.29, 0.717) is 0 Å². The lowest BCUT2D eigenvalue weighted by atomic mass is 10.2. The fourth-order valence-corrected chi connectivity index (χ4v) is 2.76. The van der Waals surface area contributed by atoms with Crippen LogP contribution in [0.4, 0.5) is 5.69 Å². The summed E-state index contributed by atoms with van der Waals surface area (Å²) in [5.74, 6) is 1.53. The van der Waals surface area contributed by atoms with Crippen molar-refractivity contribution in [1.29, 1.82) is 0 Å². The van der Waals surface area contributed by atoms with Gasteiger partial charge < -0.3 is 10.0 Å². The van der Waals surface area contributed by atoms with Crippen LogP contribution < -0.4 is 4.90 Å². The summed E-state index contributed by atoms with van der Waals surface area (Å²) >= 11 is 0. The lowest BCUT2D eigenvalue weighted by Crippen LogP contribution is -2.37. The number of hydrogen-bond donors (Lipinski definition) is 1. The molecule has 15 heavy (non-hydrogen) atoms. The van der Waals surface area contributed by atoms with Gasteiger partial charge in [0.25, 0.3) is 0 Å². The van der Waals surface area contributed by atoms with Gasteiger partial charge in [-0.25, -0.2) is 0 Å². The Morgan fingerprint density at radius 1 is 1.20 bits per heavy atom. The third kappa shape index (κ3) is 2.58. The molecule has 3 nitrogen and oxygen atoms in total. The van der Waals surface area contributed by atoms with Crippen LogP contribution in [0.15, 0.2) is 24.3 Å². The van der Waals surface area contributed by atoms with Gasteiger partial charge >= 0.3 is 0 Å². The quantitative estimate of drug-likeness (QED) is 0.807. The first-order valence-corrected chi connectivity index (χ1v) is 6.58. The molecule has 1 heterocycles. The zero-order valence-corrected chi connectivity index (χ0v) is 9.37. The van der Waals surface area contributed by atoms with Crippen LogP contribution in [0.1, 0.15) is 5.56 Å². The van der Waals surface area contributed by atoms with E-state index >= 15 is 0 Å². The van der Waals surface area contributed by atoms with Gasteiger partial charge in [0.1, 0.15) is 0 Å². The van der Waals surface area contributed by atoms with Crippen LogP contribution in [0.3, 0.4) is 0 Å². The van der Waals surface area contributed by atoms with Gasteiger partial charge in [-0.1, -0.05) is 12.1 Å². The minimum Gasteiger partial charge on any atom is -0.392 e. The van der Waals surface area contributed by atoms with Crippen molar-refractivity contribution in [1.82, 2.24) is 0 Å². The van der Waals surface area contributed by atoms with Crippen LogP contribution in [0.2, 0.25) is 0 Å². The number of nitrogens with zero attached hydrogens (tertiary/aromatic N) is 1. The van der Waals surface area contributed by atoms with Gasteiger partial charge in [0.15, 0.2) is 0 Å². The third-order valence-corrected chi connectivity index (χ3v) is 3.94. The van der Waals surface area contributed by atoms with Gasteiger partial charge in [-0.05, 0) is 17.7 Å². The van der Waals surface area contributed by atoms with Crippen LogP contribution in [0.5, 0.6) is 0 Å². The first kappa shape index (κ1) is 10.6. The van der Waals surface area contributed by atoms with E-state index in [1.165, 1.54) is 0 Å². The minimum absolute atomic E-state index is 0.0876. The molecule has 1 aliphatic heterocycles. The molecule has 0 bridgehead atoms. The number of rotatable bonds is 2. The van der Waals surface area contributed by atoms with Crippen molar-refractivity contribution in [3.63, 3.8) is 0 Å². The monoisotopic (exact) mass is 225 g/mol. The third-order valence-electron chi connectivity index (χ3n) is 2.66. The van der Waals surface area contributed by atoms with Crippen molar-refractivity contribution >= 4 is 16.5 Å². The Labute approximate surface area is 92.2 Å². The van der Waals surface area contributed by atoms with Gasteiger partial charge in [-0.2, -0.15) is 0 Å². The van der Waals surface area contributed by atoms with E-state index in [9.17, 15) is 4.21 Å². The van der Waals surface area contributed by atoms with Gasteiger partial charge in [0, 0.05) is 41.1 Å². The second kappa shape index (κ2) is 4.77. The fourth-order valence-electron chi connectivity index (χ4n) is 1.71. The molecule has 1 aromatic rings. The average Bonchev–Trinajstić information content (AvgIpc) is 2.30. The molecule has 4 heteroatoms. The van der Waals surface area contributed by atoms with Gasteiger partial charge in [-0.15, -0.1) is 0 Å². The Bertz CT molecular complexity index is 340. The molecule has 0 amide bonds. The first-order valence-electron chi connectivity index (χ1n) is 5.09. The lowest BCUT2D eigenvalue weighted by Gasteiger charge is -2.28. The van der Waals surface area contributed by atoms with E-state index in [2.05, 4.69) is 4.90 Å². The highest BCUT2D eigenvalue weighted by atomic mass is 32.2. The molecular weight excluding hydrogens is 210 g/mol. The fraction of sp³-hybridized carbons (Fsp3) is 0.455. The molecule has 0 unspecified atom stereocenters. The summed E-state index contributed by atoms with van der Waals surface area (Å²) in [7, 11) is -0.622. The van der Waals surface area contributed by atoms with Crippen LogP contribution in [-0.2, 0) is 17.4 Å². The normalized spacial score (nSPS) is 18.1. The Kier molecular flexibility index (Phi) is 3.38. The molecule has 0 atom stereocenters. The van der Waals surface area contributed by atoms with E-state index in [4.69, 9.17) is 5.11 Å². The molecule has 0 saturated carbocycles. The standard InChI is InChI=1S/C11H15NO2S/c13-9-10-1-3-11(4-2-10)12-5-7-15(14)8-6-12/h1-4,13H,5-9H2. The molecule has 1 fully saturated rings. The van der Waals surface area contributed by atoms with Crippen LogP contribution >= 0.6 is 0 Å². The lowest BCUT2D eigenvalue weighted by molar-refractivity contribution is 0.282. The molecule has 1 N–H and O–H groups in total. The van der Waals surface area contributed by atoms with Crippen LogP contribution in [0.25, 0.3) is 0 Å². The predicted molar refractivity (Wildman–Crippen MR) is 62.5 cm³/mol. The molecule has 2 rings (SSSR count). The molecular formula is C11H15NO2S. The number of aliphatic hydroxyl groups excluding tert-OH is 1. The number of anilines is 1. The van der Waals surface area contributed by atoms with Gasteiger partial charge in [0.2, 0.25) is 0 Å². The van der Waals surface area contributed by atoms with E-state index in [1.807, 2.05) is 24.3 Å². The summed E-state index contributed by atoms with van der Waals surface area (Å²) in [4.78, 5) is 2.24. The Hall–Kier alpha value is -0.870. The van der Waals surface area contributed by atoms with E-state index in [-0.39, 0.29) is 6.61 Å². The average molecular weight is 225 g/mol. The molecule has 0 radical (unpaired) electrons. The SMILES string of the molecule is O=S1CCN(c2ccc(CO)cc2)CC1. The van der Waals surface area contributed by atoms with Crippen LogP contribution in [0, 0.1) is 0 Å². The smallest absolute Gasteiger partial charge is 0.0681 e. The molecule has 1 aliphatic rings. The van der Waals surface area contributed by atoms with E-state index in [1.54, 1.807) is 0 Å². The number of aliphatic hydroxyl groups is 1. The summed E-state index contributed by atoms with van der Waals surface area (Å²) in [5, 5.41) is 8.92. The Morgan fingerprint density at radius 2 is 1.80 bits per heavy atom. The Balaban J connectivity index is 2.06. The van der Waals surface area contributed by atoms with E-state index in [0.717, 1.165) is 35.8 Å². The van der Waals surface area contributed by atoms with Crippen molar-refractivity contribution in [2.24, 2.45) is 0 Å². The topological polar surface area (TPSA) is 40.5 Å². The zero-order valence-electron chi connectivity index (χ0n) is 8.56. The van der Waals surface area contributed by atoms with E-state index < -0.39 is 10.8 Å². The maximum atomic E-state index is 11.2. The molecule has 0 aromatic heterocycles. The summed E-state index contributed by atoms with van der Waals surface area (Å²) in [6.45, 7) is 1.82. The predicted octanol–water partition coefficient (Wildman–Crippen LogP) is 0.748. The van der Waals surface area contributed by atoms with Crippen molar-refractivity contribution in [2.75, 3.05) is 29.5 Å². The summed E-state index contributed by atoms with van der Waals surface area (Å²) in [6, 6.07) is 7.89. The van der Waals surface area contributed by atoms with Crippen molar-refractivity contribution in [2.45, 2.75) is 6.61 Å². The molecule has 1 aromatic carbocycles. The van der Waals surface area contributed by atoms with Crippen LogP contribution in [-0.4, -0.2) is 33.9 Å². The first-order chi connectivity index (χ1) is 7.29. The second-order valence-electron chi connectivity index (χ2n) is 3.66. The molecule has 1 saturated heterocycles. The molecule has 82 valence electrons.